The molecule has 1 heterocycles. The Labute approximate surface area is 144 Å². The molecule has 0 spiro atoms. The number of nitrogens with zero attached hydrogens (tertiary/aromatic N) is 2. The van der Waals surface area contributed by atoms with Gasteiger partial charge in [-0.25, -0.2) is 4.39 Å². The van der Waals surface area contributed by atoms with Crippen LogP contribution in [0.15, 0.2) is 24.3 Å². The summed E-state index contributed by atoms with van der Waals surface area (Å²) in [6, 6.07) is 8.57. The summed E-state index contributed by atoms with van der Waals surface area (Å²) >= 11 is 1.51. The summed E-state index contributed by atoms with van der Waals surface area (Å²) in [5, 5.41) is 12.9. The average Bonchev–Trinajstić information content (AvgIpc) is 3.07. The first-order chi connectivity index (χ1) is 11.6. The van der Waals surface area contributed by atoms with Crippen LogP contribution in [0.5, 0.6) is 0 Å². The molecule has 0 saturated carbocycles. The SMILES string of the molecule is CN(CC(=O)Nc1sc2c(c1C#N)CCC2)Cc1cccc(F)c1. The molecular formula is C18H18FN3OS. The lowest BCUT2D eigenvalue weighted by molar-refractivity contribution is -0.117. The zero-order valence-corrected chi connectivity index (χ0v) is 14.3. The van der Waals surface area contributed by atoms with Crippen LogP contribution in [0.2, 0.25) is 0 Å². The maximum absolute atomic E-state index is 13.2. The van der Waals surface area contributed by atoms with E-state index in [9.17, 15) is 14.4 Å². The van der Waals surface area contributed by atoms with E-state index in [1.54, 1.807) is 6.07 Å². The number of nitrogens with one attached hydrogen (secondary N) is 1. The number of carbonyl (C=O) groups is 1. The fourth-order valence-electron chi connectivity index (χ4n) is 3.02. The van der Waals surface area contributed by atoms with Crippen LogP contribution in [0.4, 0.5) is 9.39 Å². The molecule has 6 heteroatoms. The first-order valence-electron chi connectivity index (χ1n) is 7.84. The van der Waals surface area contributed by atoms with Crippen LogP contribution >= 0.6 is 11.3 Å². The maximum atomic E-state index is 13.2. The van der Waals surface area contributed by atoms with E-state index in [0.717, 1.165) is 30.4 Å². The zero-order valence-electron chi connectivity index (χ0n) is 13.4. The summed E-state index contributed by atoms with van der Waals surface area (Å²) < 4.78 is 13.2. The summed E-state index contributed by atoms with van der Waals surface area (Å²) in [5.74, 6) is -0.442. The number of anilines is 1. The molecule has 0 fully saturated rings. The van der Waals surface area contributed by atoms with Gasteiger partial charge in [-0.3, -0.25) is 9.69 Å². The van der Waals surface area contributed by atoms with E-state index in [4.69, 9.17) is 0 Å². The third-order valence-electron chi connectivity index (χ3n) is 4.04. The Hall–Kier alpha value is -2.23. The number of hydrogen-bond acceptors (Lipinski definition) is 4. The standard InChI is InChI=1S/C18H18FN3OS/c1-22(10-12-4-2-5-13(19)8-12)11-17(23)21-18-15(9-20)14-6-3-7-16(14)24-18/h2,4-5,8H,3,6-7,10-11H2,1H3,(H,21,23). The minimum atomic E-state index is -0.280. The Morgan fingerprint density at radius 3 is 3.04 bits per heavy atom. The molecule has 1 N–H and O–H groups in total. The number of benzene rings is 1. The van der Waals surface area contributed by atoms with Gasteiger partial charge < -0.3 is 5.32 Å². The van der Waals surface area contributed by atoms with Crippen LogP contribution in [-0.2, 0) is 24.2 Å². The lowest BCUT2D eigenvalue weighted by Gasteiger charge is -2.16. The Morgan fingerprint density at radius 1 is 1.46 bits per heavy atom. The molecule has 1 amide bonds. The van der Waals surface area contributed by atoms with Crippen molar-refractivity contribution in [2.75, 3.05) is 18.9 Å². The lowest BCUT2D eigenvalue weighted by atomic mass is 10.1. The van der Waals surface area contributed by atoms with Crippen LogP contribution in [-0.4, -0.2) is 24.4 Å². The minimum absolute atomic E-state index is 0.162. The van der Waals surface area contributed by atoms with Crippen LogP contribution in [0.3, 0.4) is 0 Å². The van der Waals surface area contributed by atoms with Gasteiger partial charge in [0.1, 0.15) is 16.9 Å². The van der Waals surface area contributed by atoms with E-state index >= 15 is 0 Å². The highest BCUT2D eigenvalue weighted by Gasteiger charge is 2.23. The second kappa shape index (κ2) is 7.12. The van der Waals surface area contributed by atoms with Gasteiger partial charge in [0.05, 0.1) is 12.1 Å². The van der Waals surface area contributed by atoms with Crippen molar-refractivity contribution < 1.29 is 9.18 Å². The molecule has 3 rings (SSSR count). The number of halogens is 1. The molecule has 124 valence electrons. The van der Waals surface area contributed by atoms with Gasteiger partial charge in [-0.05, 0) is 49.6 Å². The molecule has 24 heavy (non-hydrogen) atoms. The van der Waals surface area contributed by atoms with E-state index in [-0.39, 0.29) is 18.3 Å². The van der Waals surface area contributed by atoms with Crippen molar-refractivity contribution >= 4 is 22.2 Å². The van der Waals surface area contributed by atoms with Crippen molar-refractivity contribution in [3.8, 4) is 6.07 Å². The fourth-order valence-corrected chi connectivity index (χ4v) is 4.28. The highest BCUT2D eigenvalue weighted by molar-refractivity contribution is 7.16. The molecule has 0 saturated heterocycles. The van der Waals surface area contributed by atoms with Crippen molar-refractivity contribution in [1.29, 1.82) is 5.26 Å². The summed E-state index contributed by atoms with van der Waals surface area (Å²) in [7, 11) is 1.81. The third kappa shape index (κ3) is 3.64. The van der Waals surface area contributed by atoms with E-state index in [2.05, 4.69) is 11.4 Å². The second-order valence-corrected chi connectivity index (χ2v) is 7.13. The molecule has 0 radical (unpaired) electrons. The van der Waals surface area contributed by atoms with Crippen LogP contribution in [0.25, 0.3) is 0 Å². The molecule has 1 aliphatic carbocycles. The molecule has 0 unspecified atom stereocenters. The monoisotopic (exact) mass is 343 g/mol. The van der Waals surface area contributed by atoms with Gasteiger partial charge in [0.15, 0.2) is 0 Å². The van der Waals surface area contributed by atoms with Crippen molar-refractivity contribution in [2.45, 2.75) is 25.8 Å². The van der Waals surface area contributed by atoms with Crippen LogP contribution in [0.1, 0.15) is 28.0 Å². The van der Waals surface area contributed by atoms with Gasteiger partial charge in [0.2, 0.25) is 5.91 Å². The molecule has 1 aromatic carbocycles. The van der Waals surface area contributed by atoms with Crippen LogP contribution < -0.4 is 5.32 Å². The molecule has 0 aliphatic heterocycles. The Kier molecular flexibility index (Phi) is 4.93. The molecular weight excluding hydrogens is 325 g/mol. The van der Waals surface area contributed by atoms with Crippen molar-refractivity contribution in [3.05, 3.63) is 51.7 Å². The number of likely N-dealkylation sites (N-methyl/N-ethyl adjacent to an activating group) is 1. The number of fused-ring (bicyclic) bond motifs is 1. The highest BCUT2D eigenvalue weighted by atomic mass is 32.1. The second-order valence-electron chi connectivity index (χ2n) is 6.02. The van der Waals surface area contributed by atoms with E-state index < -0.39 is 0 Å². The molecule has 1 aromatic heterocycles. The molecule has 0 atom stereocenters. The predicted octanol–water partition coefficient (Wildman–Crippen LogP) is 3.32. The maximum Gasteiger partial charge on any atom is 0.239 e. The molecule has 0 bridgehead atoms. The number of carbonyl (C=O) groups excluding carboxylic acids is 1. The number of hydrogen-bond donors (Lipinski definition) is 1. The Bertz CT molecular complexity index is 809. The normalized spacial score (nSPS) is 12.9. The van der Waals surface area contributed by atoms with E-state index in [0.29, 0.717) is 17.1 Å². The Balaban J connectivity index is 1.61. The number of rotatable bonds is 5. The average molecular weight is 343 g/mol. The van der Waals surface area contributed by atoms with Crippen molar-refractivity contribution in [1.82, 2.24) is 4.90 Å². The summed E-state index contributed by atoms with van der Waals surface area (Å²) in [4.78, 5) is 15.3. The van der Waals surface area contributed by atoms with Gasteiger partial charge in [-0.15, -0.1) is 11.3 Å². The third-order valence-corrected chi connectivity index (χ3v) is 5.25. The molecule has 2 aromatic rings. The topological polar surface area (TPSA) is 56.1 Å². The van der Waals surface area contributed by atoms with E-state index in [1.807, 2.05) is 18.0 Å². The molecule has 4 nitrogen and oxygen atoms in total. The first-order valence-corrected chi connectivity index (χ1v) is 8.66. The van der Waals surface area contributed by atoms with Crippen molar-refractivity contribution in [3.63, 3.8) is 0 Å². The quantitative estimate of drug-likeness (QED) is 0.906. The predicted molar refractivity (Wildman–Crippen MR) is 92.4 cm³/mol. The highest BCUT2D eigenvalue weighted by Crippen LogP contribution is 2.38. The number of aryl methyl sites for hydroxylation is 1. The number of amides is 1. The van der Waals surface area contributed by atoms with Gasteiger partial charge in [-0.2, -0.15) is 5.26 Å². The lowest BCUT2D eigenvalue weighted by Crippen LogP contribution is -2.29. The van der Waals surface area contributed by atoms with Gasteiger partial charge >= 0.3 is 0 Å². The molecule has 1 aliphatic rings. The number of thiophene rings is 1. The fraction of sp³-hybridized carbons (Fsp3) is 0.333. The summed E-state index contributed by atoms with van der Waals surface area (Å²) in [6.45, 7) is 0.668. The van der Waals surface area contributed by atoms with E-state index in [1.165, 1.54) is 28.3 Å². The van der Waals surface area contributed by atoms with Gasteiger partial charge in [0, 0.05) is 11.4 Å². The van der Waals surface area contributed by atoms with Gasteiger partial charge in [0.25, 0.3) is 0 Å². The zero-order chi connectivity index (χ0) is 17.1. The summed E-state index contributed by atoms with van der Waals surface area (Å²) in [5.41, 5.74) is 2.54. The largest absolute Gasteiger partial charge is 0.315 e. The Morgan fingerprint density at radius 2 is 2.29 bits per heavy atom. The van der Waals surface area contributed by atoms with Crippen molar-refractivity contribution in [2.24, 2.45) is 0 Å². The van der Waals surface area contributed by atoms with Gasteiger partial charge in [-0.1, -0.05) is 12.1 Å². The first kappa shape index (κ1) is 16.6. The minimum Gasteiger partial charge on any atom is -0.315 e. The summed E-state index contributed by atoms with van der Waals surface area (Å²) in [6.07, 6.45) is 2.99. The number of nitriles is 1. The van der Waals surface area contributed by atoms with Crippen LogP contribution in [0, 0.1) is 17.1 Å². The smallest absolute Gasteiger partial charge is 0.239 e.